The van der Waals surface area contributed by atoms with E-state index in [-0.39, 0.29) is 24.3 Å². The van der Waals surface area contributed by atoms with E-state index >= 15 is 0 Å². The van der Waals surface area contributed by atoms with Crippen LogP contribution in [0.1, 0.15) is 29.1 Å². The van der Waals surface area contributed by atoms with Gasteiger partial charge in [0.25, 0.3) is 0 Å². The lowest BCUT2D eigenvalue weighted by Crippen LogP contribution is -2.02. The predicted molar refractivity (Wildman–Crippen MR) is 65.8 cm³/mol. The lowest BCUT2D eigenvalue weighted by atomic mass is 10.3. The van der Waals surface area contributed by atoms with Crippen LogP contribution < -0.4 is 0 Å². The zero-order valence-corrected chi connectivity index (χ0v) is 11.4. The highest BCUT2D eigenvalue weighted by Crippen LogP contribution is 2.52. The number of carbonyl (C=O) groups is 1. The molecule has 0 aromatic carbocycles. The van der Waals surface area contributed by atoms with E-state index in [9.17, 15) is 9.36 Å². The van der Waals surface area contributed by atoms with Gasteiger partial charge in [0, 0.05) is 0 Å². The van der Waals surface area contributed by atoms with Gasteiger partial charge in [0.05, 0.1) is 19.4 Å². The van der Waals surface area contributed by atoms with Crippen LogP contribution in [0.15, 0.2) is 11.4 Å². The maximum atomic E-state index is 12.2. The SMILES string of the molecule is CCOP(=O)(Cc1ccsc1C(=O)O)OCC. The highest BCUT2D eigenvalue weighted by atomic mass is 32.1. The van der Waals surface area contributed by atoms with Crippen molar-refractivity contribution in [3.8, 4) is 0 Å². The molecule has 1 aromatic heterocycles. The summed E-state index contributed by atoms with van der Waals surface area (Å²) >= 11 is 1.10. The molecule has 1 aromatic rings. The van der Waals surface area contributed by atoms with E-state index in [2.05, 4.69) is 0 Å². The minimum Gasteiger partial charge on any atom is -0.477 e. The van der Waals surface area contributed by atoms with Gasteiger partial charge in [-0.1, -0.05) is 0 Å². The summed E-state index contributed by atoms with van der Waals surface area (Å²) < 4.78 is 22.5. The maximum absolute atomic E-state index is 12.2. The molecule has 0 aliphatic rings. The predicted octanol–water partition coefficient (Wildman–Crippen LogP) is 3.21. The van der Waals surface area contributed by atoms with Crippen molar-refractivity contribution >= 4 is 24.9 Å². The first-order valence-corrected chi connectivity index (χ1v) is 7.81. The quantitative estimate of drug-likeness (QED) is 0.775. The standard InChI is InChI=1S/C10H15O5PS/c1-3-14-16(13,15-4-2)7-8-5-6-17-9(8)10(11)12/h5-6H,3-4,7H2,1-2H3,(H,11,12). The van der Waals surface area contributed by atoms with Crippen molar-refractivity contribution in [2.24, 2.45) is 0 Å². The molecule has 0 amide bonds. The number of rotatable bonds is 7. The Kier molecular flexibility index (Phi) is 5.33. The Hall–Kier alpha value is -0.680. The molecule has 7 heteroatoms. The van der Waals surface area contributed by atoms with Crippen LogP contribution >= 0.6 is 18.9 Å². The smallest absolute Gasteiger partial charge is 0.346 e. The monoisotopic (exact) mass is 278 g/mol. The Balaban J connectivity index is 2.89. The Morgan fingerprint density at radius 1 is 1.41 bits per heavy atom. The largest absolute Gasteiger partial charge is 0.477 e. The Morgan fingerprint density at radius 2 is 2.00 bits per heavy atom. The summed E-state index contributed by atoms with van der Waals surface area (Å²) in [5.41, 5.74) is 0.493. The van der Waals surface area contributed by atoms with Crippen molar-refractivity contribution in [1.29, 1.82) is 0 Å². The second-order valence-corrected chi connectivity index (χ2v) is 6.16. The molecule has 0 unspecified atom stereocenters. The van der Waals surface area contributed by atoms with Gasteiger partial charge in [0.15, 0.2) is 0 Å². The van der Waals surface area contributed by atoms with Gasteiger partial charge in [-0.3, -0.25) is 4.57 Å². The number of thiophene rings is 1. The molecule has 0 bridgehead atoms. The third-order valence-corrected chi connectivity index (χ3v) is 4.93. The van der Waals surface area contributed by atoms with Crippen LogP contribution in [-0.2, 0) is 19.8 Å². The molecule has 0 atom stereocenters. The zero-order valence-electron chi connectivity index (χ0n) is 9.71. The molecule has 0 saturated carbocycles. The van der Waals surface area contributed by atoms with Crippen LogP contribution in [0.25, 0.3) is 0 Å². The van der Waals surface area contributed by atoms with E-state index in [0.717, 1.165) is 11.3 Å². The topological polar surface area (TPSA) is 72.8 Å². The molecule has 0 aliphatic carbocycles. The Bertz CT molecular complexity index is 418. The minimum absolute atomic E-state index is 0.000185. The lowest BCUT2D eigenvalue weighted by molar-refractivity contribution is 0.0701. The molecule has 96 valence electrons. The maximum Gasteiger partial charge on any atom is 0.346 e. The first-order valence-electron chi connectivity index (χ1n) is 5.20. The number of carboxylic acids is 1. The molecule has 0 fully saturated rings. The minimum atomic E-state index is -3.23. The van der Waals surface area contributed by atoms with Crippen molar-refractivity contribution < 1.29 is 23.5 Å². The molecule has 0 saturated heterocycles. The van der Waals surface area contributed by atoms with Crippen molar-refractivity contribution in [2.45, 2.75) is 20.0 Å². The van der Waals surface area contributed by atoms with Gasteiger partial charge in [0.1, 0.15) is 4.88 Å². The third kappa shape index (κ3) is 3.92. The van der Waals surface area contributed by atoms with Crippen LogP contribution in [0.2, 0.25) is 0 Å². The summed E-state index contributed by atoms with van der Waals surface area (Å²) in [6, 6.07) is 1.64. The highest BCUT2D eigenvalue weighted by Gasteiger charge is 2.27. The molecule has 0 radical (unpaired) electrons. The summed E-state index contributed by atoms with van der Waals surface area (Å²) in [6.07, 6.45) is -0.000185. The third-order valence-electron chi connectivity index (χ3n) is 1.96. The second kappa shape index (κ2) is 6.31. The van der Waals surface area contributed by atoms with Crippen molar-refractivity contribution in [2.75, 3.05) is 13.2 Å². The van der Waals surface area contributed by atoms with E-state index < -0.39 is 13.6 Å². The van der Waals surface area contributed by atoms with Crippen LogP contribution in [0, 0.1) is 0 Å². The first kappa shape index (κ1) is 14.4. The van der Waals surface area contributed by atoms with Gasteiger partial charge in [0.2, 0.25) is 0 Å². The fraction of sp³-hybridized carbons (Fsp3) is 0.500. The summed E-state index contributed by atoms with van der Waals surface area (Å²) in [4.78, 5) is 11.1. The molecule has 0 aliphatic heterocycles. The van der Waals surface area contributed by atoms with Crippen molar-refractivity contribution in [3.05, 3.63) is 21.9 Å². The molecule has 0 spiro atoms. The number of aromatic carboxylic acids is 1. The number of hydrogen-bond acceptors (Lipinski definition) is 5. The fourth-order valence-corrected chi connectivity index (χ4v) is 3.97. The zero-order chi connectivity index (χ0) is 12.9. The van der Waals surface area contributed by atoms with E-state index in [1.54, 1.807) is 25.3 Å². The summed E-state index contributed by atoms with van der Waals surface area (Å²) in [5.74, 6) is -1.02. The summed E-state index contributed by atoms with van der Waals surface area (Å²) in [5, 5.41) is 10.6. The van der Waals surface area contributed by atoms with Gasteiger partial charge < -0.3 is 14.2 Å². The number of carboxylic acid groups (broad SMARTS) is 1. The Morgan fingerprint density at radius 3 is 2.47 bits per heavy atom. The lowest BCUT2D eigenvalue weighted by Gasteiger charge is -2.16. The number of hydrogen-bond donors (Lipinski definition) is 1. The van der Waals surface area contributed by atoms with Gasteiger partial charge in [-0.2, -0.15) is 0 Å². The van der Waals surface area contributed by atoms with E-state index in [0.29, 0.717) is 5.56 Å². The van der Waals surface area contributed by atoms with Crippen LogP contribution in [-0.4, -0.2) is 24.3 Å². The van der Waals surface area contributed by atoms with Gasteiger partial charge in [-0.25, -0.2) is 4.79 Å². The van der Waals surface area contributed by atoms with Gasteiger partial charge in [-0.15, -0.1) is 11.3 Å². The van der Waals surface area contributed by atoms with Crippen LogP contribution in [0.3, 0.4) is 0 Å². The van der Waals surface area contributed by atoms with Crippen molar-refractivity contribution in [1.82, 2.24) is 0 Å². The first-order chi connectivity index (χ1) is 8.02. The Labute approximate surface area is 104 Å². The van der Waals surface area contributed by atoms with E-state index in [1.165, 1.54) is 0 Å². The molecular formula is C10H15O5PS. The molecule has 5 nitrogen and oxygen atoms in total. The molecule has 17 heavy (non-hydrogen) atoms. The summed E-state index contributed by atoms with van der Waals surface area (Å²) in [7, 11) is -3.23. The van der Waals surface area contributed by atoms with Crippen molar-refractivity contribution in [3.63, 3.8) is 0 Å². The summed E-state index contributed by atoms with van der Waals surface area (Å²) in [6.45, 7) is 3.97. The highest BCUT2D eigenvalue weighted by molar-refractivity contribution is 7.53. The second-order valence-electron chi connectivity index (χ2n) is 3.18. The van der Waals surface area contributed by atoms with Crippen LogP contribution in [0.4, 0.5) is 0 Å². The van der Waals surface area contributed by atoms with E-state index in [1.807, 2.05) is 0 Å². The average molecular weight is 278 g/mol. The van der Waals surface area contributed by atoms with Gasteiger partial charge in [-0.05, 0) is 30.9 Å². The van der Waals surface area contributed by atoms with E-state index in [4.69, 9.17) is 14.2 Å². The van der Waals surface area contributed by atoms with Gasteiger partial charge >= 0.3 is 13.6 Å². The molecule has 1 rings (SSSR count). The van der Waals surface area contributed by atoms with Crippen LogP contribution in [0.5, 0.6) is 0 Å². The normalized spacial score (nSPS) is 11.6. The molecule has 1 N–H and O–H groups in total. The average Bonchev–Trinajstić information content (AvgIpc) is 2.66. The molecule has 1 heterocycles. The fourth-order valence-electron chi connectivity index (χ4n) is 1.38. The molecular weight excluding hydrogens is 263 g/mol.